The van der Waals surface area contributed by atoms with Crippen LogP contribution in [0, 0.1) is 0 Å². The minimum Gasteiger partial charge on any atom is -0.478 e. The van der Waals surface area contributed by atoms with Crippen molar-refractivity contribution in [3.63, 3.8) is 0 Å². The number of sulfonamides is 1. The number of carboxylic acids is 1. The van der Waals surface area contributed by atoms with Gasteiger partial charge in [-0.15, -0.1) is 0 Å². The molecular formula is C22H21NO4S. The number of carbonyl (C=O) groups is 1. The van der Waals surface area contributed by atoms with E-state index in [9.17, 15) is 13.2 Å². The highest BCUT2D eigenvalue weighted by Gasteiger charge is 2.08. The summed E-state index contributed by atoms with van der Waals surface area (Å²) in [6, 6.07) is 22.4. The van der Waals surface area contributed by atoms with Crippen molar-refractivity contribution in [2.24, 2.45) is 0 Å². The summed E-state index contributed by atoms with van der Waals surface area (Å²) in [4.78, 5) is 10.8. The number of rotatable bonds is 6. The van der Waals surface area contributed by atoms with Crippen molar-refractivity contribution in [3.8, 4) is 11.1 Å². The number of nitrogens with one attached hydrogen (secondary N) is 1. The fourth-order valence-electron chi connectivity index (χ4n) is 2.79. The van der Waals surface area contributed by atoms with Gasteiger partial charge in [0.05, 0.1) is 17.5 Å². The van der Waals surface area contributed by atoms with Gasteiger partial charge < -0.3 is 5.11 Å². The van der Waals surface area contributed by atoms with Gasteiger partial charge in [0.1, 0.15) is 0 Å². The van der Waals surface area contributed by atoms with Crippen molar-refractivity contribution in [1.82, 2.24) is 0 Å². The molecule has 2 N–H and O–H groups in total. The van der Waals surface area contributed by atoms with E-state index in [1.807, 2.05) is 12.1 Å². The van der Waals surface area contributed by atoms with Crippen LogP contribution in [0.25, 0.3) is 11.1 Å². The average molecular weight is 395 g/mol. The van der Waals surface area contributed by atoms with Gasteiger partial charge in [0.15, 0.2) is 0 Å². The zero-order valence-electron chi connectivity index (χ0n) is 15.4. The molecule has 5 nitrogen and oxygen atoms in total. The van der Waals surface area contributed by atoms with Gasteiger partial charge in [0, 0.05) is 0 Å². The van der Waals surface area contributed by atoms with Crippen LogP contribution in [0.2, 0.25) is 0 Å². The van der Waals surface area contributed by atoms with Crippen LogP contribution in [0.3, 0.4) is 0 Å². The highest BCUT2D eigenvalue weighted by molar-refractivity contribution is 7.92. The van der Waals surface area contributed by atoms with E-state index in [0.29, 0.717) is 18.5 Å². The van der Waals surface area contributed by atoms with Gasteiger partial charge in [-0.3, -0.25) is 4.72 Å². The normalized spacial score (nSPS) is 11.2. The molecule has 2 aliphatic rings. The Balaban J connectivity index is 0.000000311. The van der Waals surface area contributed by atoms with Crippen LogP contribution in [0.1, 0.15) is 21.5 Å². The Kier molecular flexibility index (Phi) is 5.80. The Morgan fingerprint density at radius 3 is 1.89 bits per heavy atom. The molecule has 2 aliphatic carbocycles. The number of aryl methyl sites for hydroxylation is 2. The molecule has 4 rings (SSSR count). The number of carboxylic acid groups (broad SMARTS) is 1. The number of hydrogen-bond acceptors (Lipinski definition) is 3. The first-order valence-electron chi connectivity index (χ1n) is 8.80. The largest absolute Gasteiger partial charge is 0.478 e. The molecule has 2 aromatic carbocycles. The van der Waals surface area contributed by atoms with Crippen molar-refractivity contribution in [1.29, 1.82) is 0 Å². The SMILES string of the molecule is CS(=O)(=O)Nc1ccccc1CCc1ccc(C(=O)O)cc1.c1cc2ccc1-2. The number of hydrogen-bond donors (Lipinski definition) is 2. The molecule has 0 fully saturated rings. The van der Waals surface area contributed by atoms with E-state index >= 15 is 0 Å². The highest BCUT2D eigenvalue weighted by Crippen LogP contribution is 2.29. The van der Waals surface area contributed by atoms with Gasteiger partial charge in [0.2, 0.25) is 10.0 Å². The van der Waals surface area contributed by atoms with Gasteiger partial charge in [-0.2, -0.15) is 0 Å². The highest BCUT2D eigenvalue weighted by atomic mass is 32.2. The summed E-state index contributed by atoms with van der Waals surface area (Å²) >= 11 is 0. The number of para-hydroxylation sites is 1. The summed E-state index contributed by atoms with van der Waals surface area (Å²) in [7, 11) is -3.31. The number of anilines is 1. The number of benzene rings is 3. The van der Waals surface area contributed by atoms with E-state index in [2.05, 4.69) is 29.0 Å². The summed E-state index contributed by atoms with van der Waals surface area (Å²) in [5.74, 6) is -0.950. The minimum absolute atomic E-state index is 0.253. The fraction of sp³-hybridized carbons (Fsp3) is 0.136. The molecule has 0 heterocycles. The zero-order valence-corrected chi connectivity index (χ0v) is 16.2. The summed E-state index contributed by atoms with van der Waals surface area (Å²) < 4.78 is 25.2. The summed E-state index contributed by atoms with van der Waals surface area (Å²) in [5.41, 5.74) is 5.58. The molecule has 0 amide bonds. The van der Waals surface area contributed by atoms with Crippen molar-refractivity contribution < 1.29 is 18.3 Å². The Hall–Kier alpha value is -3.12. The van der Waals surface area contributed by atoms with Crippen LogP contribution in [0.15, 0.2) is 72.8 Å². The maximum absolute atomic E-state index is 11.4. The van der Waals surface area contributed by atoms with E-state index < -0.39 is 16.0 Å². The molecule has 0 spiro atoms. The molecular weight excluding hydrogens is 374 g/mol. The van der Waals surface area contributed by atoms with Gasteiger partial charge in [-0.05, 0) is 53.3 Å². The summed E-state index contributed by atoms with van der Waals surface area (Å²) in [6.45, 7) is 0. The monoisotopic (exact) mass is 395 g/mol. The molecule has 0 saturated heterocycles. The molecule has 0 bridgehead atoms. The van der Waals surface area contributed by atoms with Crippen LogP contribution in [-0.4, -0.2) is 25.7 Å². The maximum Gasteiger partial charge on any atom is 0.335 e. The third-order valence-corrected chi connectivity index (χ3v) is 5.01. The van der Waals surface area contributed by atoms with Crippen LogP contribution < -0.4 is 4.72 Å². The molecule has 0 saturated carbocycles. The van der Waals surface area contributed by atoms with E-state index in [0.717, 1.165) is 17.4 Å². The lowest BCUT2D eigenvalue weighted by atomic mass is 9.95. The first-order valence-corrected chi connectivity index (χ1v) is 10.7. The first-order chi connectivity index (χ1) is 13.3. The molecule has 0 radical (unpaired) electrons. The van der Waals surface area contributed by atoms with Crippen LogP contribution >= 0.6 is 0 Å². The Bertz CT molecular complexity index is 1050. The van der Waals surface area contributed by atoms with Crippen molar-refractivity contribution in [3.05, 3.63) is 89.5 Å². The van der Waals surface area contributed by atoms with Crippen molar-refractivity contribution >= 4 is 21.7 Å². The number of aromatic carboxylic acids is 1. The maximum atomic E-state index is 11.4. The Labute approximate surface area is 164 Å². The van der Waals surface area contributed by atoms with Gasteiger partial charge in [-0.1, -0.05) is 54.6 Å². The van der Waals surface area contributed by atoms with E-state index in [1.165, 1.54) is 11.1 Å². The van der Waals surface area contributed by atoms with Crippen LogP contribution in [0.4, 0.5) is 5.69 Å². The molecule has 0 aromatic heterocycles. The van der Waals surface area contributed by atoms with Gasteiger partial charge in [-0.25, -0.2) is 13.2 Å². The van der Waals surface area contributed by atoms with Gasteiger partial charge in [0.25, 0.3) is 0 Å². The first kappa shape index (κ1) is 19.6. The van der Waals surface area contributed by atoms with E-state index in [1.54, 1.807) is 36.4 Å². The quantitative estimate of drug-likeness (QED) is 0.512. The Morgan fingerprint density at radius 2 is 1.43 bits per heavy atom. The predicted octanol–water partition coefficient (Wildman–Crippen LogP) is 4.21. The lowest BCUT2D eigenvalue weighted by molar-refractivity contribution is 0.0697. The molecule has 0 aliphatic heterocycles. The topological polar surface area (TPSA) is 83.5 Å². The molecule has 0 unspecified atom stereocenters. The average Bonchev–Trinajstić information content (AvgIpc) is 2.63. The van der Waals surface area contributed by atoms with Crippen LogP contribution in [-0.2, 0) is 22.9 Å². The summed E-state index contributed by atoms with van der Waals surface area (Å²) in [6.07, 6.45) is 2.47. The molecule has 2 aromatic rings. The standard InChI is InChI=1S/C16H17NO4S.C6H4/c1-22(20,21)17-15-5-3-2-4-13(15)9-6-12-7-10-14(11-8-12)16(18)19;1-2-6-4-3-5(1)6/h2-5,7-8,10-11,17H,6,9H2,1H3,(H,18,19);1-4H. The van der Waals surface area contributed by atoms with Crippen LogP contribution in [0.5, 0.6) is 0 Å². The van der Waals surface area contributed by atoms with E-state index in [4.69, 9.17) is 5.11 Å². The fourth-order valence-corrected chi connectivity index (χ4v) is 3.39. The second-order valence-electron chi connectivity index (χ2n) is 6.61. The van der Waals surface area contributed by atoms with Gasteiger partial charge >= 0.3 is 5.97 Å². The third kappa shape index (κ3) is 5.20. The Morgan fingerprint density at radius 1 is 0.857 bits per heavy atom. The molecule has 6 heteroatoms. The van der Waals surface area contributed by atoms with Crippen molar-refractivity contribution in [2.45, 2.75) is 12.8 Å². The zero-order chi connectivity index (χ0) is 20.1. The minimum atomic E-state index is -3.31. The second-order valence-corrected chi connectivity index (χ2v) is 8.36. The summed E-state index contributed by atoms with van der Waals surface area (Å²) in [5, 5.41) is 8.86. The molecule has 144 valence electrons. The predicted molar refractivity (Wildman–Crippen MR) is 111 cm³/mol. The molecule has 0 atom stereocenters. The molecule has 28 heavy (non-hydrogen) atoms. The van der Waals surface area contributed by atoms with Crippen molar-refractivity contribution in [2.75, 3.05) is 11.0 Å². The number of fused-ring (bicyclic) bond motifs is 1. The lowest BCUT2D eigenvalue weighted by Gasteiger charge is -2.10. The lowest BCUT2D eigenvalue weighted by Crippen LogP contribution is -2.11. The third-order valence-electron chi connectivity index (χ3n) is 4.41. The van der Waals surface area contributed by atoms with E-state index in [-0.39, 0.29) is 5.56 Å². The smallest absolute Gasteiger partial charge is 0.335 e. The second kappa shape index (κ2) is 8.27.